The number of carbonyl (C=O) groups excluding carboxylic acids is 4. The van der Waals surface area contributed by atoms with Crippen LogP contribution in [0.25, 0.3) is 0 Å². The van der Waals surface area contributed by atoms with Gasteiger partial charge in [0.1, 0.15) is 5.75 Å². The number of hydrogen-bond donors (Lipinski definition) is 2. The maximum atomic E-state index is 14.2. The van der Waals surface area contributed by atoms with Crippen LogP contribution >= 0.6 is 11.6 Å². The molecular weight excluding hydrogens is 791 g/mol. The summed E-state index contributed by atoms with van der Waals surface area (Å²) in [5, 5.41) is 2.67. The molecule has 0 bridgehead atoms. The molecule has 4 aliphatic rings. The third kappa shape index (κ3) is 10.4. The normalized spacial score (nSPS) is 19.4. The molecule has 3 aromatic carbocycles. The molecule has 0 unspecified atom stereocenters. The lowest BCUT2D eigenvalue weighted by molar-refractivity contribution is -0.143. The molecule has 7 rings (SSSR count). The summed E-state index contributed by atoms with van der Waals surface area (Å²) in [7, 11) is 0. The molecule has 4 aliphatic heterocycles. The Labute approximate surface area is 346 Å². The molecule has 316 valence electrons. The summed E-state index contributed by atoms with van der Waals surface area (Å²) in [6.07, 6.45) is -4.01. The zero-order valence-electron chi connectivity index (χ0n) is 32.7. The highest BCUT2D eigenvalue weighted by atomic mass is 35.5. The zero-order valence-corrected chi connectivity index (χ0v) is 33.4. The van der Waals surface area contributed by atoms with Crippen molar-refractivity contribution in [2.75, 3.05) is 76.5 Å². The molecule has 3 saturated heterocycles. The number of piperidine rings is 2. The molecule has 1 atom stereocenters. The average molecular weight is 840 g/mol. The minimum atomic E-state index is -4.80. The van der Waals surface area contributed by atoms with Crippen LogP contribution < -0.4 is 15.8 Å². The Morgan fingerprint density at radius 3 is 2.19 bits per heavy atom. The number of amides is 4. The zero-order chi connectivity index (χ0) is 41.7. The van der Waals surface area contributed by atoms with E-state index in [1.807, 2.05) is 42.5 Å². The Balaban J connectivity index is 0.957. The number of benzene rings is 3. The number of likely N-dealkylation sites (tertiary alicyclic amines) is 2. The first-order chi connectivity index (χ1) is 28.3. The summed E-state index contributed by atoms with van der Waals surface area (Å²) in [5.74, 6) is -0.319. The van der Waals surface area contributed by atoms with Crippen LogP contribution in [0.2, 0.25) is 5.02 Å². The molecule has 17 heteroatoms. The van der Waals surface area contributed by atoms with E-state index in [9.17, 15) is 32.3 Å². The fraction of sp³-hybridized carbons (Fsp3) is 0.476. The minimum Gasteiger partial charge on any atom is -0.436 e. The van der Waals surface area contributed by atoms with Crippen molar-refractivity contribution in [3.63, 3.8) is 0 Å². The van der Waals surface area contributed by atoms with Gasteiger partial charge in [0.15, 0.2) is 6.10 Å². The first-order valence-electron chi connectivity index (χ1n) is 20.1. The summed E-state index contributed by atoms with van der Waals surface area (Å²) in [6.45, 7) is 4.45. The number of nitrogen functional groups attached to an aromatic ring is 1. The topological polar surface area (TPSA) is 141 Å². The summed E-state index contributed by atoms with van der Waals surface area (Å²) < 4.78 is 53.1. The molecule has 0 spiro atoms. The van der Waals surface area contributed by atoms with E-state index in [-0.39, 0.29) is 60.7 Å². The Morgan fingerprint density at radius 2 is 1.49 bits per heavy atom. The molecule has 4 amide bonds. The number of alkyl halides is 3. The van der Waals surface area contributed by atoms with Gasteiger partial charge in [-0.25, -0.2) is 9.59 Å². The van der Waals surface area contributed by atoms with Crippen LogP contribution in [0.5, 0.6) is 5.75 Å². The third-order valence-corrected chi connectivity index (χ3v) is 12.1. The van der Waals surface area contributed by atoms with Crippen LogP contribution in [-0.4, -0.2) is 132 Å². The number of para-hydroxylation sites is 2. The van der Waals surface area contributed by atoms with Gasteiger partial charge in [-0.1, -0.05) is 48.0 Å². The van der Waals surface area contributed by atoms with Crippen molar-refractivity contribution < 1.29 is 41.8 Å². The lowest BCUT2D eigenvalue weighted by Gasteiger charge is -2.43. The summed E-state index contributed by atoms with van der Waals surface area (Å²) >= 11 is 6.14. The van der Waals surface area contributed by atoms with Gasteiger partial charge in [0.2, 0.25) is 0 Å². The van der Waals surface area contributed by atoms with Crippen LogP contribution in [0.1, 0.15) is 42.4 Å². The van der Waals surface area contributed by atoms with Crippen molar-refractivity contribution in [2.45, 2.75) is 62.9 Å². The first kappa shape index (κ1) is 42.1. The Bertz CT molecular complexity index is 1980. The van der Waals surface area contributed by atoms with Crippen LogP contribution in [0.4, 0.5) is 34.1 Å². The van der Waals surface area contributed by atoms with Crippen molar-refractivity contribution in [1.82, 2.24) is 24.5 Å². The SMILES string of the molecule is Nc1c(Cl)cc(C[C@@H](OC(=O)N2CCC(N3CCc4ccccc4NC3=O)CC2)C(=O)N2CCN(C3CCN(CC(=O)Oc4ccccc4)CC3)CC2)cc1C(F)(F)F. The number of anilines is 2. The van der Waals surface area contributed by atoms with E-state index in [1.165, 1.54) is 11.0 Å². The lowest BCUT2D eigenvalue weighted by Crippen LogP contribution is -2.57. The van der Waals surface area contributed by atoms with Crippen LogP contribution in [0.3, 0.4) is 0 Å². The highest BCUT2D eigenvalue weighted by Gasteiger charge is 2.38. The second-order valence-electron chi connectivity index (χ2n) is 15.5. The van der Waals surface area contributed by atoms with Crippen molar-refractivity contribution in [3.05, 3.63) is 88.4 Å². The molecule has 0 radical (unpaired) electrons. The van der Waals surface area contributed by atoms with E-state index in [4.69, 9.17) is 26.8 Å². The number of nitrogens with one attached hydrogen (secondary N) is 1. The number of nitrogens with two attached hydrogens (primary N) is 1. The van der Waals surface area contributed by atoms with E-state index in [0.29, 0.717) is 70.8 Å². The molecule has 59 heavy (non-hydrogen) atoms. The predicted molar refractivity (Wildman–Crippen MR) is 215 cm³/mol. The quantitative estimate of drug-likeness (QED) is 0.157. The highest BCUT2D eigenvalue weighted by Crippen LogP contribution is 2.38. The van der Waals surface area contributed by atoms with E-state index in [1.54, 1.807) is 21.9 Å². The Hall–Kier alpha value is -5.06. The van der Waals surface area contributed by atoms with Crippen molar-refractivity contribution in [3.8, 4) is 5.75 Å². The van der Waals surface area contributed by atoms with Crippen LogP contribution in [0.15, 0.2) is 66.7 Å². The number of carbonyl (C=O) groups is 4. The number of hydrogen-bond acceptors (Lipinski definition) is 9. The van der Waals surface area contributed by atoms with E-state index in [0.717, 1.165) is 30.2 Å². The van der Waals surface area contributed by atoms with Crippen molar-refractivity contribution in [1.29, 1.82) is 0 Å². The molecule has 3 N–H and O–H groups in total. The van der Waals surface area contributed by atoms with Gasteiger partial charge in [0.05, 0.1) is 22.8 Å². The van der Waals surface area contributed by atoms with Gasteiger partial charge >= 0.3 is 24.3 Å². The number of rotatable bonds is 9. The minimum absolute atomic E-state index is 0.0487. The predicted octanol–water partition coefficient (Wildman–Crippen LogP) is 5.76. The van der Waals surface area contributed by atoms with Crippen LogP contribution in [0, 0.1) is 0 Å². The standard InChI is InChI=1S/C42H49ClF3N7O6/c43-34-25-28(24-33(38(34)47)42(44,45)46)26-36(59-41(57)52-17-13-31(14-18-52)53-19-10-29-6-4-5-9-35(29)48-40(53)56)39(55)51-22-20-50(21-23-51)30-11-15-49(16-12-30)27-37(54)58-32-7-2-1-3-8-32/h1-9,24-25,30-31,36H,10-23,26-27,47H2,(H,48,56)/t36-/m1/s1. The largest absolute Gasteiger partial charge is 0.436 e. The highest BCUT2D eigenvalue weighted by molar-refractivity contribution is 6.33. The van der Waals surface area contributed by atoms with Crippen molar-refractivity contribution >= 4 is 47.0 Å². The second-order valence-corrected chi connectivity index (χ2v) is 15.9. The van der Waals surface area contributed by atoms with Crippen LogP contribution in [-0.2, 0) is 33.3 Å². The molecule has 3 fully saturated rings. The molecule has 4 heterocycles. The van der Waals surface area contributed by atoms with E-state index < -0.39 is 35.5 Å². The number of halogens is 4. The fourth-order valence-electron chi connectivity index (χ4n) is 8.50. The Kier molecular flexibility index (Phi) is 13.2. The van der Waals surface area contributed by atoms with Gasteiger partial charge in [-0.2, -0.15) is 13.2 Å². The third-order valence-electron chi connectivity index (χ3n) is 11.8. The van der Waals surface area contributed by atoms with Gasteiger partial charge < -0.3 is 35.2 Å². The molecular formula is C42H49ClF3N7O6. The summed E-state index contributed by atoms with van der Waals surface area (Å²) in [6, 6.07) is 18.6. The monoisotopic (exact) mass is 839 g/mol. The van der Waals surface area contributed by atoms with Gasteiger partial charge in [0.25, 0.3) is 5.91 Å². The number of piperazine rings is 1. The molecule has 0 aromatic heterocycles. The number of esters is 1. The summed E-state index contributed by atoms with van der Waals surface area (Å²) in [5.41, 5.74) is 5.81. The fourth-order valence-corrected chi connectivity index (χ4v) is 8.74. The number of urea groups is 1. The average Bonchev–Trinajstić information content (AvgIpc) is 3.39. The summed E-state index contributed by atoms with van der Waals surface area (Å²) in [4.78, 5) is 62.7. The maximum Gasteiger partial charge on any atom is 0.418 e. The Morgan fingerprint density at radius 1 is 0.831 bits per heavy atom. The first-order valence-corrected chi connectivity index (χ1v) is 20.5. The number of nitrogens with zero attached hydrogens (tertiary/aromatic N) is 5. The molecule has 0 aliphatic carbocycles. The van der Waals surface area contributed by atoms with E-state index >= 15 is 0 Å². The van der Waals surface area contributed by atoms with Crippen molar-refractivity contribution in [2.24, 2.45) is 0 Å². The van der Waals surface area contributed by atoms with Gasteiger partial charge in [-0.3, -0.25) is 19.4 Å². The lowest BCUT2D eigenvalue weighted by atomic mass is 10.0. The van der Waals surface area contributed by atoms with E-state index in [2.05, 4.69) is 15.1 Å². The maximum absolute atomic E-state index is 14.2. The number of fused-ring (bicyclic) bond motifs is 1. The molecule has 13 nitrogen and oxygen atoms in total. The molecule has 3 aromatic rings. The van der Waals surface area contributed by atoms with Gasteiger partial charge in [-0.05, 0) is 73.6 Å². The smallest absolute Gasteiger partial charge is 0.418 e. The van der Waals surface area contributed by atoms with Gasteiger partial charge in [-0.15, -0.1) is 0 Å². The number of ether oxygens (including phenoxy) is 2. The van der Waals surface area contributed by atoms with Gasteiger partial charge in [0, 0.05) is 83.1 Å². The molecule has 0 saturated carbocycles. The second kappa shape index (κ2) is 18.5.